The number of rotatable bonds is 7. The fraction of sp³-hybridized carbons (Fsp3) is 0.219. The molecule has 1 aliphatic carbocycles. The molecule has 0 aromatic heterocycles. The van der Waals surface area contributed by atoms with E-state index in [-0.39, 0.29) is 26.9 Å². The molecular weight excluding hydrogens is 579 g/mol. The van der Waals surface area contributed by atoms with Crippen molar-refractivity contribution in [3.8, 4) is 5.75 Å². The summed E-state index contributed by atoms with van der Waals surface area (Å²) < 4.78 is 5.40. The topological polar surface area (TPSA) is 101 Å². The predicted molar refractivity (Wildman–Crippen MR) is 156 cm³/mol. The summed E-state index contributed by atoms with van der Waals surface area (Å²) in [5.41, 5.74) is 2.61. The molecular formula is C32H26Cl2N2O6. The number of allylic oxidation sites excluding steroid dienone is 2. The normalized spacial score (nSPS) is 17.9. The SMILES string of the molecule is CC1=CC[C@H]2C(=O)N(N(CC(=O)c3ccc(OC(=O)c4ccc(C)cc4)cc3)C(=O)c3ccc(Cl)c(Cl)c3)C(=O)[C@@H]2C1. The molecule has 1 saturated heterocycles. The first kappa shape index (κ1) is 29.2. The zero-order chi connectivity index (χ0) is 30.1. The molecule has 0 bridgehead atoms. The van der Waals surface area contributed by atoms with Gasteiger partial charge in [-0.2, -0.15) is 5.01 Å². The van der Waals surface area contributed by atoms with E-state index in [4.69, 9.17) is 27.9 Å². The number of halogens is 2. The smallest absolute Gasteiger partial charge is 0.343 e. The maximum atomic E-state index is 13.7. The molecule has 0 spiro atoms. The molecule has 8 nitrogen and oxygen atoms in total. The second-order valence-electron chi connectivity index (χ2n) is 10.4. The highest BCUT2D eigenvalue weighted by Crippen LogP contribution is 2.39. The molecule has 0 saturated carbocycles. The first-order chi connectivity index (χ1) is 20.0. The molecule has 0 radical (unpaired) electrons. The average Bonchev–Trinajstić information content (AvgIpc) is 3.21. The number of hydrazine groups is 1. The van der Waals surface area contributed by atoms with E-state index in [1.165, 1.54) is 42.5 Å². The van der Waals surface area contributed by atoms with Crippen LogP contribution in [0.1, 0.15) is 56.4 Å². The number of aryl methyl sites for hydroxylation is 1. The van der Waals surface area contributed by atoms with Crippen LogP contribution in [0, 0.1) is 18.8 Å². The minimum absolute atomic E-state index is 0.0559. The van der Waals surface area contributed by atoms with Crippen LogP contribution in [0.2, 0.25) is 10.0 Å². The van der Waals surface area contributed by atoms with Gasteiger partial charge in [0.2, 0.25) is 0 Å². The second kappa shape index (κ2) is 11.9. The number of fused-ring (bicyclic) bond motifs is 1. The highest BCUT2D eigenvalue weighted by atomic mass is 35.5. The van der Waals surface area contributed by atoms with Gasteiger partial charge >= 0.3 is 5.97 Å². The lowest BCUT2D eigenvalue weighted by atomic mass is 9.82. The summed E-state index contributed by atoms with van der Waals surface area (Å²) in [7, 11) is 0. The lowest BCUT2D eigenvalue weighted by Gasteiger charge is -2.30. The van der Waals surface area contributed by atoms with Gasteiger partial charge in [-0.1, -0.05) is 52.5 Å². The van der Waals surface area contributed by atoms with Crippen molar-refractivity contribution in [2.75, 3.05) is 6.54 Å². The van der Waals surface area contributed by atoms with Gasteiger partial charge in [-0.25, -0.2) is 9.80 Å². The van der Waals surface area contributed by atoms with Gasteiger partial charge in [0.25, 0.3) is 17.7 Å². The third-order valence-corrected chi connectivity index (χ3v) is 8.15. The molecule has 214 valence electrons. The van der Waals surface area contributed by atoms with Crippen molar-refractivity contribution >= 4 is 52.7 Å². The minimum Gasteiger partial charge on any atom is -0.423 e. The summed E-state index contributed by atoms with van der Waals surface area (Å²) in [5, 5.41) is 2.02. The monoisotopic (exact) mass is 604 g/mol. The summed E-state index contributed by atoms with van der Waals surface area (Å²) in [6.07, 6.45) is 2.69. The van der Waals surface area contributed by atoms with Gasteiger partial charge in [0, 0.05) is 11.1 Å². The Hall–Kier alpha value is -4.27. The van der Waals surface area contributed by atoms with Gasteiger partial charge in [0.1, 0.15) is 12.3 Å². The molecule has 5 rings (SSSR count). The van der Waals surface area contributed by atoms with E-state index >= 15 is 0 Å². The Morgan fingerprint density at radius 1 is 0.833 bits per heavy atom. The van der Waals surface area contributed by atoms with E-state index in [2.05, 4.69) is 0 Å². The first-order valence-electron chi connectivity index (χ1n) is 13.3. The van der Waals surface area contributed by atoms with Crippen LogP contribution in [-0.4, -0.2) is 46.0 Å². The Kier molecular flexibility index (Phi) is 8.29. The van der Waals surface area contributed by atoms with Crippen molar-refractivity contribution in [2.45, 2.75) is 26.7 Å². The molecule has 0 unspecified atom stereocenters. The fourth-order valence-corrected chi connectivity index (χ4v) is 5.36. The third kappa shape index (κ3) is 5.86. The first-order valence-corrected chi connectivity index (χ1v) is 14.0. The Morgan fingerprint density at radius 2 is 1.45 bits per heavy atom. The number of ketones is 1. The van der Waals surface area contributed by atoms with Gasteiger partial charge in [0.15, 0.2) is 5.78 Å². The second-order valence-corrected chi connectivity index (χ2v) is 11.2. The third-order valence-electron chi connectivity index (χ3n) is 7.41. The van der Waals surface area contributed by atoms with Crippen LogP contribution in [0.15, 0.2) is 78.4 Å². The number of imide groups is 1. The molecule has 1 aliphatic heterocycles. The number of esters is 1. The molecule has 3 amide bonds. The number of hydrogen-bond donors (Lipinski definition) is 0. The maximum Gasteiger partial charge on any atom is 0.343 e. The lowest BCUT2D eigenvalue weighted by Crippen LogP contribution is -2.52. The van der Waals surface area contributed by atoms with Crippen LogP contribution in [0.25, 0.3) is 0 Å². The minimum atomic E-state index is -0.754. The Morgan fingerprint density at radius 3 is 2.12 bits per heavy atom. The Bertz CT molecular complexity index is 1630. The molecule has 10 heteroatoms. The number of hydrogen-bond acceptors (Lipinski definition) is 6. The van der Waals surface area contributed by atoms with Crippen LogP contribution < -0.4 is 4.74 Å². The van der Waals surface area contributed by atoms with Crippen molar-refractivity contribution < 1.29 is 28.7 Å². The average molecular weight is 605 g/mol. The highest BCUT2D eigenvalue weighted by Gasteiger charge is 2.51. The van der Waals surface area contributed by atoms with Crippen molar-refractivity contribution in [3.63, 3.8) is 0 Å². The molecule has 42 heavy (non-hydrogen) atoms. The molecule has 1 fully saturated rings. The van der Waals surface area contributed by atoms with Gasteiger partial charge in [-0.05, 0) is 81.3 Å². The number of amides is 3. The number of benzene rings is 3. The summed E-state index contributed by atoms with van der Waals surface area (Å²) >= 11 is 12.2. The van der Waals surface area contributed by atoms with E-state index in [0.29, 0.717) is 18.4 Å². The number of ether oxygens (including phenoxy) is 1. The quantitative estimate of drug-likeness (QED) is 0.106. The van der Waals surface area contributed by atoms with E-state index in [0.717, 1.165) is 21.2 Å². The van der Waals surface area contributed by atoms with Crippen molar-refractivity contribution in [1.29, 1.82) is 0 Å². The van der Waals surface area contributed by atoms with Crippen LogP contribution in [0.5, 0.6) is 5.75 Å². The van der Waals surface area contributed by atoms with Gasteiger partial charge in [-0.15, -0.1) is 0 Å². The highest BCUT2D eigenvalue weighted by molar-refractivity contribution is 6.42. The number of Topliss-reactive ketones (excluding diaryl/α,β-unsaturated/α-hetero) is 1. The zero-order valence-electron chi connectivity index (χ0n) is 22.8. The van der Waals surface area contributed by atoms with Gasteiger partial charge in [0.05, 0.1) is 27.4 Å². The van der Waals surface area contributed by atoms with Crippen LogP contribution >= 0.6 is 23.2 Å². The number of carbonyl (C=O) groups excluding carboxylic acids is 5. The van der Waals surface area contributed by atoms with E-state index in [1.807, 2.05) is 19.9 Å². The van der Waals surface area contributed by atoms with E-state index in [1.54, 1.807) is 24.3 Å². The Labute approximate surface area is 252 Å². The van der Waals surface area contributed by atoms with Crippen LogP contribution in [-0.2, 0) is 9.59 Å². The van der Waals surface area contributed by atoms with Crippen molar-refractivity contribution in [2.24, 2.45) is 11.8 Å². The number of nitrogens with zero attached hydrogens (tertiary/aromatic N) is 2. The summed E-state index contributed by atoms with van der Waals surface area (Å²) in [6.45, 7) is 3.20. The summed E-state index contributed by atoms with van der Waals surface area (Å²) in [6, 6.07) is 16.9. The van der Waals surface area contributed by atoms with Crippen molar-refractivity contribution in [3.05, 3.63) is 111 Å². The van der Waals surface area contributed by atoms with Gasteiger partial charge in [-0.3, -0.25) is 19.2 Å². The molecule has 3 aromatic rings. The number of carbonyl (C=O) groups is 5. The van der Waals surface area contributed by atoms with E-state index < -0.39 is 47.9 Å². The molecule has 2 aliphatic rings. The van der Waals surface area contributed by atoms with E-state index in [9.17, 15) is 24.0 Å². The van der Waals surface area contributed by atoms with Crippen LogP contribution in [0.4, 0.5) is 0 Å². The Balaban J connectivity index is 1.38. The zero-order valence-corrected chi connectivity index (χ0v) is 24.3. The maximum absolute atomic E-state index is 13.7. The molecule has 1 heterocycles. The van der Waals surface area contributed by atoms with Crippen LogP contribution in [0.3, 0.4) is 0 Å². The largest absolute Gasteiger partial charge is 0.423 e. The lowest BCUT2D eigenvalue weighted by molar-refractivity contribution is -0.154. The summed E-state index contributed by atoms with van der Waals surface area (Å²) in [4.78, 5) is 66.5. The summed E-state index contributed by atoms with van der Waals surface area (Å²) in [5.74, 6) is -3.90. The molecule has 0 N–H and O–H groups in total. The van der Waals surface area contributed by atoms with Crippen molar-refractivity contribution in [1.82, 2.24) is 10.0 Å². The fourth-order valence-electron chi connectivity index (χ4n) is 5.06. The predicted octanol–water partition coefficient (Wildman–Crippen LogP) is 6.10. The molecule has 2 atom stereocenters. The molecule has 3 aromatic carbocycles. The van der Waals surface area contributed by atoms with Gasteiger partial charge < -0.3 is 4.74 Å². The standard InChI is InChI=1S/C32H26Cl2N2O6/c1-18-3-6-21(7-4-18)32(41)42-23-11-8-20(9-12-23)28(37)17-35(29(38)22-10-14-26(33)27(34)16-22)36-30(39)24-13-5-19(2)15-25(24)31(36)40/h3-12,14,16,24-25H,13,15,17H2,1-2H3/t24-,25-/m1/s1.